The van der Waals surface area contributed by atoms with Crippen LogP contribution in [-0.4, -0.2) is 20.9 Å². The molecule has 0 radical (unpaired) electrons. The molecule has 0 saturated heterocycles. The van der Waals surface area contributed by atoms with Crippen molar-refractivity contribution in [1.82, 2.24) is 5.32 Å². The summed E-state index contributed by atoms with van der Waals surface area (Å²) >= 11 is 9.12. The van der Waals surface area contributed by atoms with Crippen LogP contribution in [0, 0.1) is 5.92 Å². The smallest absolute Gasteiger partial charge is 0.252 e. The van der Waals surface area contributed by atoms with Crippen molar-refractivity contribution in [1.29, 1.82) is 0 Å². The first kappa shape index (κ1) is 15.8. The lowest BCUT2D eigenvalue weighted by Gasteiger charge is -2.10. The summed E-state index contributed by atoms with van der Waals surface area (Å²) < 4.78 is 23.3. The van der Waals surface area contributed by atoms with Crippen LogP contribution in [0.15, 0.2) is 21.5 Å². The lowest BCUT2D eigenvalue weighted by atomic mass is 10.2. The Morgan fingerprint density at radius 2 is 2.10 bits per heavy atom. The number of amides is 1. The molecule has 1 aliphatic rings. The van der Waals surface area contributed by atoms with Crippen LogP contribution in [0.1, 0.15) is 29.6 Å². The van der Waals surface area contributed by atoms with Crippen molar-refractivity contribution in [2.45, 2.75) is 24.2 Å². The van der Waals surface area contributed by atoms with Gasteiger partial charge in [-0.2, -0.15) is 0 Å². The van der Waals surface area contributed by atoms with E-state index in [2.05, 4.69) is 21.2 Å². The van der Waals surface area contributed by atoms with Gasteiger partial charge < -0.3 is 5.32 Å². The molecule has 0 aromatic heterocycles. The van der Waals surface area contributed by atoms with E-state index in [0.29, 0.717) is 16.9 Å². The summed E-state index contributed by atoms with van der Waals surface area (Å²) in [7, 11) is -3.98. The Morgan fingerprint density at radius 1 is 1.45 bits per heavy atom. The van der Waals surface area contributed by atoms with Gasteiger partial charge in [-0.15, -0.1) is 0 Å². The van der Waals surface area contributed by atoms with E-state index in [0.717, 1.165) is 6.42 Å². The van der Waals surface area contributed by atoms with Gasteiger partial charge in [0, 0.05) is 11.0 Å². The molecule has 3 N–H and O–H groups in total. The first-order chi connectivity index (χ1) is 9.29. The maximum absolute atomic E-state index is 12.0. The fourth-order valence-electron chi connectivity index (χ4n) is 1.83. The summed E-state index contributed by atoms with van der Waals surface area (Å²) in [5.41, 5.74) is 0.0980. The first-order valence-electron chi connectivity index (χ1n) is 6.09. The maximum Gasteiger partial charge on any atom is 0.252 e. The number of nitrogens with one attached hydrogen (secondary N) is 1. The van der Waals surface area contributed by atoms with Crippen molar-refractivity contribution in [3.8, 4) is 0 Å². The summed E-state index contributed by atoms with van der Waals surface area (Å²) in [6, 6.07) is 2.75. The highest BCUT2D eigenvalue weighted by atomic mass is 79.9. The fourth-order valence-corrected chi connectivity index (χ4v) is 3.61. The summed E-state index contributed by atoms with van der Waals surface area (Å²) in [6.07, 6.45) is 3.35. The molecule has 0 aliphatic heterocycles. The number of benzene rings is 1. The number of nitrogens with two attached hydrogens (primary N) is 1. The van der Waals surface area contributed by atoms with Crippen LogP contribution < -0.4 is 10.5 Å². The van der Waals surface area contributed by atoms with E-state index in [1.807, 2.05) is 0 Å². The van der Waals surface area contributed by atoms with Gasteiger partial charge in [0.15, 0.2) is 0 Å². The van der Waals surface area contributed by atoms with Crippen molar-refractivity contribution in [2.24, 2.45) is 11.1 Å². The van der Waals surface area contributed by atoms with Crippen molar-refractivity contribution >= 4 is 43.5 Å². The quantitative estimate of drug-likeness (QED) is 0.820. The largest absolute Gasteiger partial charge is 0.352 e. The number of hydrogen-bond donors (Lipinski definition) is 2. The standard InChI is InChI=1S/C12H14BrClN2O3S/c13-8-5-9(11(14)10(6-8)20(15,18)19)12(17)16-4-3-7-1-2-7/h5-7H,1-4H2,(H,16,17)(H2,15,18,19). The molecule has 0 unspecified atom stereocenters. The molecule has 0 bridgehead atoms. The van der Waals surface area contributed by atoms with E-state index in [-0.39, 0.29) is 15.5 Å². The molecular weight excluding hydrogens is 368 g/mol. The SMILES string of the molecule is NS(=O)(=O)c1cc(Br)cc(C(=O)NCCC2CC2)c1Cl. The van der Waals surface area contributed by atoms with Crippen LogP contribution in [0.25, 0.3) is 0 Å². The maximum atomic E-state index is 12.0. The molecule has 5 nitrogen and oxygen atoms in total. The molecule has 8 heteroatoms. The van der Waals surface area contributed by atoms with Gasteiger partial charge in [0.25, 0.3) is 5.91 Å². The Morgan fingerprint density at radius 3 is 2.65 bits per heavy atom. The lowest BCUT2D eigenvalue weighted by Crippen LogP contribution is -2.26. The number of hydrogen-bond acceptors (Lipinski definition) is 3. The summed E-state index contributed by atoms with van der Waals surface area (Å²) in [5.74, 6) is 0.301. The summed E-state index contributed by atoms with van der Waals surface area (Å²) in [6.45, 7) is 0.553. The zero-order valence-corrected chi connectivity index (χ0v) is 13.7. The molecule has 1 aromatic rings. The van der Waals surface area contributed by atoms with Gasteiger partial charge in [0.1, 0.15) is 4.90 Å². The van der Waals surface area contributed by atoms with Gasteiger partial charge in [-0.3, -0.25) is 4.79 Å². The van der Waals surface area contributed by atoms with Crippen LogP contribution in [0.3, 0.4) is 0 Å². The Labute approximate surface area is 131 Å². The molecule has 1 aliphatic carbocycles. The third-order valence-electron chi connectivity index (χ3n) is 3.09. The summed E-state index contributed by atoms with van der Waals surface area (Å²) in [4.78, 5) is 11.8. The molecular formula is C12H14BrClN2O3S. The van der Waals surface area contributed by atoms with E-state index in [9.17, 15) is 13.2 Å². The average Bonchev–Trinajstić information content (AvgIpc) is 3.14. The highest BCUT2D eigenvalue weighted by Gasteiger charge is 2.23. The normalized spacial score (nSPS) is 15.2. The topological polar surface area (TPSA) is 89.3 Å². The van der Waals surface area contributed by atoms with E-state index in [1.165, 1.54) is 25.0 Å². The Bertz CT molecular complexity index is 644. The van der Waals surface area contributed by atoms with Gasteiger partial charge >= 0.3 is 0 Å². The Hall–Kier alpha value is -0.630. The van der Waals surface area contributed by atoms with E-state index >= 15 is 0 Å². The number of halogens is 2. The molecule has 0 atom stereocenters. The minimum atomic E-state index is -3.98. The van der Waals surface area contributed by atoms with Gasteiger partial charge in [-0.25, -0.2) is 13.6 Å². The van der Waals surface area contributed by atoms with Crippen LogP contribution in [0.2, 0.25) is 5.02 Å². The van der Waals surface area contributed by atoms with Crippen LogP contribution >= 0.6 is 27.5 Å². The zero-order chi connectivity index (χ0) is 14.9. The van der Waals surface area contributed by atoms with Crippen molar-refractivity contribution < 1.29 is 13.2 Å². The minimum Gasteiger partial charge on any atom is -0.352 e. The predicted molar refractivity (Wildman–Crippen MR) is 80.2 cm³/mol. The second-order valence-corrected chi connectivity index (χ2v) is 7.62. The third-order valence-corrected chi connectivity index (χ3v) is 5.00. The molecule has 0 heterocycles. The zero-order valence-electron chi connectivity index (χ0n) is 10.5. The predicted octanol–water partition coefficient (Wildman–Crippen LogP) is 2.28. The minimum absolute atomic E-state index is 0.0980. The van der Waals surface area contributed by atoms with Crippen LogP contribution in [-0.2, 0) is 10.0 Å². The average molecular weight is 382 g/mol. The second-order valence-electron chi connectivity index (χ2n) is 4.80. The lowest BCUT2D eigenvalue weighted by molar-refractivity contribution is 0.0952. The van der Waals surface area contributed by atoms with Gasteiger partial charge in [0.05, 0.1) is 10.6 Å². The molecule has 1 aromatic carbocycles. The van der Waals surface area contributed by atoms with Gasteiger partial charge in [-0.1, -0.05) is 40.4 Å². The molecule has 110 valence electrons. The van der Waals surface area contributed by atoms with E-state index in [4.69, 9.17) is 16.7 Å². The molecule has 1 amide bonds. The molecule has 0 spiro atoms. The van der Waals surface area contributed by atoms with E-state index in [1.54, 1.807) is 0 Å². The Balaban J connectivity index is 2.21. The van der Waals surface area contributed by atoms with Crippen molar-refractivity contribution in [3.63, 3.8) is 0 Å². The van der Waals surface area contributed by atoms with Crippen molar-refractivity contribution in [3.05, 3.63) is 27.2 Å². The number of carbonyl (C=O) groups is 1. The molecule has 1 saturated carbocycles. The van der Waals surface area contributed by atoms with Crippen LogP contribution in [0.4, 0.5) is 0 Å². The van der Waals surface area contributed by atoms with E-state index < -0.39 is 15.9 Å². The van der Waals surface area contributed by atoms with Crippen LogP contribution in [0.5, 0.6) is 0 Å². The first-order valence-corrected chi connectivity index (χ1v) is 8.81. The molecule has 1 fully saturated rings. The summed E-state index contributed by atoms with van der Waals surface area (Å²) in [5, 5.41) is 7.66. The van der Waals surface area contributed by atoms with Gasteiger partial charge in [-0.05, 0) is 24.5 Å². The monoisotopic (exact) mass is 380 g/mol. The molecule has 20 heavy (non-hydrogen) atoms. The number of carbonyl (C=O) groups excluding carboxylic acids is 1. The van der Waals surface area contributed by atoms with Gasteiger partial charge in [0.2, 0.25) is 10.0 Å². The highest BCUT2D eigenvalue weighted by Crippen LogP contribution is 2.32. The number of primary sulfonamides is 1. The van der Waals surface area contributed by atoms with Crippen molar-refractivity contribution in [2.75, 3.05) is 6.54 Å². The second kappa shape index (κ2) is 6.01. The molecule has 2 rings (SSSR count). The fraction of sp³-hybridized carbons (Fsp3) is 0.417. The number of rotatable bonds is 5. The number of sulfonamides is 1. The highest BCUT2D eigenvalue weighted by molar-refractivity contribution is 9.10. The third kappa shape index (κ3) is 3.94. The Kier molecular flexibility index (Phi) is 4.73.